The minimum Gasteiger partial charge on any atom is -0.325 e. The second-order valence-corrected chi connectivity index (χ2v) is 9.02. The first kappa shape index (κ1) is 22.1. The van der Waals surface area contributed by atoms with Crippen molar-refractivity contribution in [1.29, 1.82) is 0 Å². The molecule has 7 heteroatoms. The number of amides is 1. The van der Waals surface area contributed by atoms with Gasteiger partial charge in [0.1, 0.15) is 0 Å². The lowest BCUT2D eigenvalue weighted by molar-refractivity contribution is -0.113. The molecule has 0 unspecified atom stereocenters. The Morgan fingerprint density at radius 3 is 2.41 bits per heavy atom. The lowest BCUT2D eigenvalue weighted by Crippen LogP contribution is -2.23. The van der Waals surface area contributed by atoms with Crippen molar-refractivity contribution in [2.45, 2.75) is 24.9 Å². The van der Waals surface area contributed by atoms with E-state index in [1.54, 1.807) is 41.0 Å². The van der Waals surface area contributed by atoms with Crippen LogP contribution in [0.25, 0.3) is 16.6 Å². The summed E-state index contributed by atoms with van der Waals surface area (Å²) >= 11 is 7.12. The molecule has 4 rings (SSSR count). The quantitative estimate of drug-likeness (QED) is 0.286. The number of carbonyl (C=O) groups is 1. The summed E-state index contributed by atoms with van der Waals surface area (Å²) in [6.45, 7) is 4.25. The summed E-state index contributed by atoms with van der Waals surface area (Å²) in [5.41, 5.74) is 3.01. The molecule has 0 aliphatic carbocycles. The van der Waals surface area contributed by atoms with Crippen molar-refractivity contribution < 1.29 is 4.79 Å². The topological polar surface area (TPSA) is 64.0 Å². The van der Waals surface area contributed by atoms with E-state index in [-0.39, 0.29) is 17.2 Å². The van der Waals surface area contributed by atoms with Crippen LogP contribution in [0.3, 0.4) is 0 Å². The number of hydrogen-bond acceptors (Lipinski definition) is 4. The number of rotatable bonds is 6. The summed E-state index contributed by atoms with van der Waals surface area (Å²) in [5, 5.41) is 4.45. The molecule has 0 saturated carbocycles. The van der Waals surface area contributed by atoms with Crippen LogP contribution in [0.1, 0.15) is 25.3 Å². The van der Waals surface area contributed by atoms with Gasteiger partial charge in [-0.1, -0.05) is 61.5 Å². The van der Waals surface area contributed by atoms with Crippen LogP contribution in [0.2, 0.25) is 5.02 Å². The van der Waals surface area contributed by atoms with Crippen LogP contribution in [0.15, 0.2) is 82.7 Å². The smallest absolute Gasteiger partial charge is 0.266 e. The molecule has 0 bridgehead atoms. The zero-order valence-corrected chi connectivity index (χ0v) is 19.3. The number of benzene rings is 3. The lowest BCUT2D eigenvalue weighted by Gasteiger charge is -2.14. The normalized spacial score (nSPS) is 11.1. The summed E-state index contributed by atoms with van der Waals surface area (Å²) in [4.78, 5) is 30.5. The summed E-state index contributed by atoms with van der Waals surface area (Å²) in [5.74, 6) is 0.305. The third kappa shape index (κ3) is 4.87. The van der Waals surface area contributed by atoms with Crippen molar-refractivity contribution in [2.75, 3.05) is 11.1 Å². The number of carbonyl (C=O) groups excluding carboxylic acids is 1. The zero-order valence-electron chi connectivity index (χ0n) is 17.7. The van der Waals surface area contributed by atoms with E-state index in [4.69, 9.17) is 11.6 Å². The van der Waals surface area contributed by atoms with Crippen LogP contribution in [-0.4, -0.2) is 21.2 Å². The minimum atomic E-state index is -0.193. The van der Waals surface area contributed by atoms with Crippen LogP contribution >= 0.6 is 23.4 Å². The van der Waals surface area contributed by atoms with E-state index >= 15 is 0 Å². The van der Waals surface area contributed by atoms with Crippen molar-refractivity contribution in [2.24, 2.45) is 0 Å². The Kier molecular flexibility index (Phi) is 6.63. The molecule has 4 aromatic rings. The predicted molar refractivity (Wildman–Crippen MR) is 132 cm³/mol. The number of anilines is 1. The molecule has 1 aromatic heterocycles. The van der Waals surface area contributed by atoms with Gasteiger partial charge in [0.2, 0.25) is 5.91 Å². The molecule has 0 radical (unpaired) electrons. The van der Waals surface area contributed by atoms with Crippen LogP contribution < -0.4 is 10.9 Å². The number of halogens is 1. The van der Waals surface area contributed by atoms with Gasteiger partial charge in [-0.25, -0.2) is 4.98 Å². The number of hydrogen-bond donors (Lipinski definition) is 1. The fraction of sp³-hybridized carbons (Fsp3) is 0.160. The summed E-state index contributed by atoms with van der Waals surface area (Å²) < 4.78 is 1.58. The monoisotopic (exact) mass is 463 g/mol. The van der Waals surface area contributed by atoms with E-state index in [9.17, 15) is 9.59 Å². The van der Waals surface area contributed by atoms with Gasteiger partial charge in [-0.2, -0.15) is 0 Å². The van der Waals surface area contributed by atoms with Crippen molar-refractivity contribution in [3.05, 3.63) is 93.7 Å². The number of nitrogens with one attached hydrogen (secondary N) is 1. The highest BCUT2D eigenvalue weighted by molar-refractivity contribution is 7.99. The van der Waals surface area contributed by atoms with Crippen molar-refractivity contribution in [1.82, 2.24) is 9.55 Å². The summed E-state index contributed by atoms with van der Waals surface area (Å²) in [7, 11) is 0. The fourth-order valence-corrected chi connectivity index (χ4v) is 4.24. The Labute approximate surface area is 195 Å². The van der Waals surface area contributed by atoms with E-state index in [1.807, 2.05) is 36.4 Å². The van der Waals surface area contributed by atoms with Crippen molar-refractivity contribution in [3.63, 3.8) is 0 Å². The first-order valence-electron chi connectivity index (χ1n) is 10.2. The van der Waals surface area contributed by atoms with Crippen LogP contribution in [-0.2, 0) is 4.79 Å². The van der Waals surface area contributed by atoms with E-state index in [0.29, 0.717) is 32.7 Å². The third-order valence-corrected chi connectivity index (χ3v) is 6.21. The average Bonchev–Trinajstić information content (AvgIpc) is 2.79. The molecule has 0 saturated heterocycles. The van der Waals surface area contributed by atoms with E-state index in [2.05, 4.69) is 24.1 Å². The first-order valence-corrected chi connectivity index (χ1v) is 11.6. The van der Waals surface area contributed by atoms with Gasteiger partial charge in [-0.15, -0.1) is 0 Å². The molecule has 1 N–H and O–H groups in total. The molecule has 0 spiro atoms. The van der Waals surface area contributed by atoms with Gasteiger partial charge in [0.25, 0.3) is 5.56 Å². The maximum atomic E-state index is 13.3. The maximum absolute atomic E-state index is 13.3. The highest BCUT2D eigenvalue weighted by Gasteiger charge is 2.15. The lowest BCUT2D eigenvalue weighted by atomic mass is 10.0. The molecular weight excluding hydrogens is 442 g/mol. The molecule has 0 atom stereocenters. The number of nitrogens with zero attached hydrogens (tertiary/aromatic N) is 2. The van der Waals surface area contributed by atoms with Gasteiger partial charge < -0.3 is 5.32 Å². The van der Waals surface area contributed by atoms with Gasteiger partial charge in [0, 0.05) is 10.7 Å². The Bertz CT molecular complexity index is 1320. The van der Waals surface area contributed by atoms with Crippen LogP contribution in [0.4, 0.5) is 5.69 Å². The molecule has 3 aromatic carbocycles. The molecule has 32 heavy (non-hydrogen) atoms. The zero-order chi connectivity index (χ0) is 22.7. The molecule has 0 fully saturated rings. The highest BCUT2D eigenvalue weighted by atomic mass is 35.5. The third-order valence-electron chi connectivity index (χ3n) is 5.02. The molecule has 0 aliphatic heterocycles. The largest absolute Gasteiger partial charge is 0.325 e. The van der Waals surface area contributed by atoms with Gasteiger partial charge >= 0.3 is 0 Å². The molecular formula is C25H22ClN3O2S. The fourth-order valence-electron chi connectivity index (χ4n) is 3.31. The van der Waals surface area contributed by atoms with Crippen molar-refractivity contribution >= 4 is 45.9 Å². The molecule has 0 aliphatic rings. The molecule has 5 nitrogen and oxygen atoms in total. The van der Waals surface area contributed by atoms with Gasteiger partial charge in [-0.3, -0.25) is 14.2 Å². The minimum absolute atomic E-state index is 0.109. The maximum Gasteiger partial charge on any atom is 0.266 e. The van der Waals surface area contributed by atoms with E-state index in [1.165, 1.54) is 17.3 Å². The Balaban J connectivity index is 1.66. The molecule has 162 valence electrons. The number of aromatic nitrogens is 2. The van der Waals surface area contributed by atoms with Crippen molar-refractivity contribution in [3.8, 4) is 5.69 Å². The second kappa shape index (κ2) is 9.59. The van der Waals surface area contributed by atoms with Crippen LogP contribution in [0.5, 0.6) is 0 Å². The number of para-hydroxylation sites is 1. The van der Waals surface area contributed by atoms with Gasteiger partial charge in [0.15, 0.2) is 5.16 Å². The average molecular weight is 464 g/mol. The first-order chi connectivity index (χ1) is 15.4. The number of fused-ring (bicyclic) bond motifs is 1. The number of thioether (sulfide) groups is 1. The predicted octanol–water partition coefficient (Wildman–Crippen LogP) is 5.89. The Morgan fingerprint density at radius 1 is 1.03 bits per heavy atom. The summed E-state index contributed by atoms with van der Waals surface area (Å²) in [6, 6.07) is 22.0. The standard InChI is InChI=1S/C25H22ClN3O2S/c1-16(2)17-7-13-20(14-8-17)29-24(31)21-5-3-4-6-22(21)28-25(29)32-15-23(30)27-19-11-9-18(26)10-12-19/h3-14,16H,15H2,1-2H3,(H,27,30). The Hall–Kier alpha value is -3.09. The van der Waals surface area contributed by atoms with E-state index < -0.39 is 0 Å². The molecule has 1 amide bonds. The van der Waals surface area contributed by atoms with Gasteiger partial charge in [-0.05, 0) is 60.0 Å². The summed E-state index contributed by atoms with van der Waals surface area (Å²) in [6.07, 6.45) is 0. The molecule has 1 heterocycles. The SMILES string of the molecule is CC(C)c1ccc(-n2c(SCC(=O)Nc3ccc(Cl)cc3)nc3ccccc3c2=O)cc1. The van der Waals surface area contributed by atoms with E-state index in [0.717, 1.165) is 5.69 Å². The van der Waals surface area contributed by atoms with Crippen LogP contribution in [0, 0.1) is 0 Å². The van der Waals surface area contributed by atoms with Gasteiger partial charge in [0.05, 0.1) is 22.3 Å². The highest BCUT2D eigenvalue weighted by Crippen LogP contribution is 2.23. The Morgan fingerprint density at radius 2 is 1.72 bits per heavy atom. The second-order valence-electron chi connectivity index (χ2n) is 7.64.